The van der Waals surface area contributed by atoms with Crippen LogP contribution in [0, 0.1) is 0 Å². The first-order valence-electron chi connectivity index (χ1n) is 11.5. The quantitative estimate of drug-likeness (QED) is 0.428. The van der Waals surface area contributed by atoms with E-state index in [1.165, 1.54) is 6.92 Å². The van der Waals surface area contributed by atoms with Crippen LogP contribution in [0.4, 0.5) is 0 Å². The Balaban J connectivity index is 1.49. The van der Waals surface area contributed by atoms with Crippen molar-refractivity contribution in [2.45, 2.75) is 19.3 Å². The molecule has 3 aromatic carbocycles. The van der Waals surface area contributed by atoms with Crippen molar-refractivity contribution in [1.82, 2.24) is 9.80 Å². The molecule has 0 unspecified atom stereocenters. The van der Waals surface area contributed by atoms with Gasteiger partial charge in [-0.1, -0.05) is 66.7 Å². The molecule has 0 atom stereocenters. The molecule has 0 aromatic heterocycles. The Morgan fingerprint density at radius 1 is 0.735 bits per heavy atom. The predicted molar refractivity (Wildman–Crippen MR) is 130 cm³/mol. The first-order valence-corrected chi connectivity index (χ1v) is 11.5. The highest BCUT2D eigenvalue weighted by atomic mass is 16.5. The standard InChI is InChI=1S/C28H28N2O4/c1-21(31)34-25-15-8-14-24(20-25)27(32)29-16-9-17-30(19-18-29)28(33)26(22-10-4-2-5-11-22)23-12-6-3-7-13-23/h2-8,10-15,20,26H,9,16-19H2,1H3. The van der Waals surface area contributed by atoms with Gasteiger partial charge in [0.2, 0.25) is 5.91 Å². The van der Waals surface area contributed by atoms with Gasteiger partial charge >= 0.3 is 5.97 Å². The smallest absolute Gasteiger partial charge is 0.308 e. The van der Waals surface area contributed by atoms with Gasteiger partial charge in [0.1, 0.15) is 5.75 Å². The molecule has 6 heteroatoms. The van der Waals surface area contributed by atoms with E-state index in [2.05, 4.69) is 0 Å². The largest absolute Gasteiger partial charge is 0.427 e. The van der Waals surface area contributed by atoms with Crippen LogP contribution in [0.3, 0.4) is 0 Å². The number of carbonyl (C=O) groups excluding carboxylic acids is 3. The lowest BCUT2D eigenvalue weighted by Crippen LogP contribution is -2.39. The van der Waals surface area contributed by atoms with E-state index in [1.54, 1.807) is 29.2 Å². The highest BCUT2D eigenvalue weighted by Gasteiger charge is 2.30. The van der Waals surface area contributed by atoms with Gasteiger partial charge in [0, 0.05) is 38.7 Å². The number of hydrogen-bond acceptors (Lipinski definition) is 4. The van der Waals surface area contributed by atoms with Crippen molar-refractivity contribution in [3.05, 3.63) is 102 Å². The Morgan fingerprint density at radius 3 is 1.94 bits per heavy atom. The molecule has 0 radical (unpaired) electrons. The average molecular weight is 457 g/mol. The van der Waals surface area contributed by atoms with Crippen molar-refractivity contribution < 1.29 is 19.1 Å². The van der Waals surface area contributed by atoms with Crippen LogP contribution in [-0.4, -0.2) is 53.8 Å². The van der Waals surface area contributed by atoms with Gasteiger partial charge in [0.25, 0.3) is 5.91 Å². The van der Waals surface area contributed by atoms with E-state index in [0.717, 1.165) is 11.1 Å². The zero-order chi connectivity index (χ0) is 23.9. The highest BCUT2D eigenvalue weighted by molar-refractivity contribution is 5.95. The molecule has 6 nitrogen and oxygen atoms in total. The molecule has 1 aliphatic rings. The molecule has 1 fully saturated rings. The average Bonchev–Trinajstić information content (AvgIpc) is 3.11. The SMILES string of the molecule is CC(=O)Oc1cccc(C(=O)N2CCCN(C(=O)C(c3ccccc3)c3ccccc3)CC2)c1. The lowest BCUT2D eigenvalue weighted by Gasteiger charge is -2.27. The van der Waals surface area contributed by atoms with Crippen LogP contribution in [0.2, 0.25) is 0 Å². The summed E-state index contributed by atoms with van der Waals surface area (Å²) in [6, 6.07) is 26.3. The maximum atomic E-state index is 13.7. The van der Waals surface area contributed by atoms with E-state index in [-0.39, 0.29) is 17.7 Å². The van der Waals surface area contributed by atoms with Gasteiger partial charge in [0.05, 0.1) is 5.92 Å². The molecule has 0 spiro atoms. The van der Waals surface area contributed by atoms with Crippen LogP contribution in [0.1, 0.15) is 40.7 Å². The van der Waals surface area contributed by atoms with E-state index in [1.807, 2.05) is 65.6 Å². The van der Waals surface area contributed by atoms with Crippen LogP contribution < -0.4 is 4.74 Å². The third-order valence-electron chi connectivity index (χ3n) is 5.95. The minimum Gasteiger partial charge on any atom is -0.427 e. The molecule has 0 bridgehead atoms. The van der Waals surface area contributed by atoms with Crippen LogP contribution in [0.15, 0.2) is 84.9 Å². The number of nitrogens with zero attached hydrogens (tertiary/aromatic N) is 2. The summed E-state index contributed by atoms with van der Waals surface area (Å²) in [5.74, 6) is -0.557. The maximum absolute atomic E-state index is 13.7. The van der Waals surface area contributed by atoms with E-state index in [4.69, 9.17) is 4.74 Å². The molecule has 0 saturated carbocycles. The number of hydrogen-bond donors (Lipinski definition) is 0. The molecule has 2 amide bonds. The summed E-state index contributed by atoms with van der Waals surface area (Å²) in [6.45, 7) is 3.38. The number of amides is 2. The molecular weight excluding hydrogens is 428 g/mol. The van der Waals surface area contributed by atoms with Crippen LogP contribution in [-0.2, 0) is 9.59 Å². The van der Waals surface area contributed by atoms with Crippen molar-refractivity contribution in [2.75, 3.05) is 26.2 Å². The molecule has 3 aromatic rings. The fourth-order valence-corrected chi connectivity index (χ4v) is 4.33. The van der Waals surface area contributed by atoms with Gasteiger partial charge in [-0.15, -0.1) is 0 Å². The molecule has 34 heavy (non-hydrogen) atoms. The summed E-state index contributed by atoms with van der Waals surface area (Å²) in [4.78, 5) is 41.7. The Labute approximate surface area is 199 Å². The molecule has 174 valence electrons. The molecule has 0 aliphatic carbocycles. The second-order valence-corrected chi connectivity index (χ2v) is 8.35. The van der Waals surface area contributed by atoms with Crippen molar-refractivity contribution in [3.63, 3.8) is 0 Å². The summed E-state index contributed by atoms with van der Waals surface area (Å²) in [5, 5.41) is 0. The normalized spacial score (nSPS) is 13.9. The van der Waals surface area contributed by atoms with Gasteiger partial charge in [-0.25, -0.2) is 0 Å². The molecule has 1 heterocycles. The number of rotatable bonds is 5. The summed E-state index contributed by atoms with van der Waals surface area (Å²) in [6.07, 6.45) is 0.692. The maximum Gasteiger partial charge on any atom is 0.308 e. The lowest BCUT2D eigenvalue weighted by atomic mass is 9.90. The van der Waals surface area contributed by atoms with E-state index < -0.39 is 5.97 Å². The van der Waals surface area contributed by atoms with Crippen LogP contribution >= 0.6 is 0 Å². The molecule has 0 N–H and O–H groups in total. The fraction of sp³-hybridized carbons (Fsp3) is 0.250. The van der Waals surface area contributed by atoms with E-state index in [9.17, 15) is 14.4 Å². The number of ether oxygens (including phenoxy) is 1. The number of esters is 1. The molecule has 1 saturated heterocycles. The second-order valence-electron chi connectivity index (χ2n) is 8.35. The Morgan fingerprint density at radius 2 is 1.32 bits per heavy atom. The second kappa shape index (κ2) is 10.8. The van der Waals surface area contributed by atoms with Gasteiger partial charge in [0.15, 0.2) is 0 Å². The van der Waals surface area contributed by atoms with Crippen LogP contribution in [0.5, 0.6) is 5.75 Å². The zero-order valence-corrected chi connectivity index (χ0v) is 19.2. The fourth-order valence-electron chi connectivity index (χ4n) is 4.33. The van der Waals surface area contributed by atoms with E-state index >= 15 is 0 Å². The Hall–Kier alpha value is -3.93. The topological polar surface area (TPSA) is 66.9 Å². The molecule has 4 rings (SSSR count). The summed E-state index contributed by atoms with van der Waals surface area (Å²) in [5.41, 5.74) is 2.38. The third-order valence-corrected chi connectivity index (χ3v) is 5.95. The first-order chi connectivity index (χ1) is 16.5. The highest BCUT2D eigenvalue weighted by Crippen LogP contribution is 2.27. The van der Waals surface area contributed by atoms with Gasteiger partial charge in [-0.2, -0.15) is 0 Å². The summed E-state index contributed by atoms with van der Waals surface area (Å²) < 4.78 is 5.11. The summed E-state index contributed by atoms with van der Waals surface area (Å²) >= 11 is 0. The number of carbonyl (C=O) groups is 3. The molecular formula is C28H28N2O4. The van der Waals surface area contributed by atoms with E-state index in [0.29, 0.717) is 43.9 Å². The summed E-state index contributed by atoms with van der Waals surface area (Å²) in [7, 11) is 0. The first kappa shape index (κ1) is 23.2. The molecule has 1 aliphatic heterocycles. The van der Waals surface area contributed by atoms with Crippen molar-refractivity contribution >= 4 is 17.8 Å². The number of benzene rings is 3. The predicted octanol–water partition coefficient (Wildman–Crippen LogP) is 4.12. The van der Waals surface area contributed by atoms with Gasteiger partial charge in [-0.05, 0) is 35.7 Å². The monoisotopic (exact) mass is 456 g/mol. The lowest BCUT2D eigenvalue weighted by molar-refractivity contribution is -0.132. The third kappa shape index (κ3) is 5.52. The van der Waals surface area contributed by atoms with Gasteiger partial charge in [-0.3, -0.25) is 14.4 Å². The van der Waals surface area contributed by atoms with Crippen molar-refractivity contribution in [3.8, 4) is 5.75 Å². The van der Waals surface area contributed by atoms with Crippen molar-refractivity contribution in [2.24, 2.45) is 0 Å². The Bertz CT molecular complexity index is 1110. The minimum absolute atomic E-state index is 0.0450. The van der Waals surface area contributed by atoms with Crippen molar-refractivity contribution in [1.29, 1.82) is 0 Å². The zero-order valence-electron chi connectivity index (χ0n) is 19.2. The van der Waals surface area contributed by atoms with Crippen LogP contribution in [0.25, 0.3) is 0 Å². The minimum atomic E-state index is -0.431. The van der Waals surface area contributed by atoms with Gasteiger partial charge < -0.3 is 14.5 Å². The Kier molecular flexibility index (Phi) is 7.38.